The van der Waals surface area contributed by atoms with Gasteiger partial charge >= 0.3 is 5.97 Å². The van der Waals surface area contributed by atoms with Gasteiger partial charge in [0.1, 0.15) is 11.2 Å². The van der Waals surface area contributed by atoms with E-state index in [1.165, 1.54) is 17.6 Å². The summed E-state index contributed by atoms with van der Waals surface area (Å²) in [6.07, 6.45) is 2.64. The SMILES string of the molecule is COc1cc([C@@H]2NC(=O)c3c(sc4c3CC[C@@H](C(C)(C)C)C4)N2)ccc1OC(=O)c1cccc2ccccc12. The van der Waals surface area contributed by atoms with Crippen LogP contribution >= 0.6 is 11.3 Å². The molecule has 6 nitrogen and oxygen atoms in total. The van der Waals surface area contributed by atoms with E-state index in [1.54, 1.807) is 29.5 Å². The Hall–Kier alpha value is -3.84. The van der Waals surface area contributed by atoms with Gasteiger partial charge in [0.05, 0.1) is 18.2 Å². The van der Waals surface area contributed by atoms with Crippen molar-refractivity contribution in [2.24, 2.45) is 11.3 Å². The zero-order valence-corrected chi connectivity index (χ0v) is 23.4. The summed E-state index contributed by atoms with van der Waals surface area (Å²) < 4.78 is 11.4. The second-order valence-electron chi connectivity index (χ2n) is 11.4. The Morgan fingerprint density at radius 1 is 1.00 bits per heavy atom. The number of ether oxygens (including phenoxy) is 2. The van der Waals surface area contributed by atoms with Crippen molar-refractivity contribution >= 4 is 39.0 Å². The molecule has 2 atom stereocenters. The lowest BCUT2D eigenvalue weighted by Crippen LogP contribution is -2.38. The Kier molecular flexibility index (Phi) is 6.34. The fraction of sp³-hybridized carbons (Fsp3) is 0.312. The third-order valence-electron chi connectivity index (χ3n) is 8.00. The highest BCUT2D eigenvalue weighted by molar-refractivity contribution is 7.16. The molecule has 0 bridgehead atoms. The van der Waals surface area contributed by atoms with Crippen LogP contribution in [0.4, 0.5) is 5.00 Å². The molecule has 0 fully saturated rings. The number of esters is 1. The van der Waals surface area contributed by atoms with Gasteiger partial charge in [0.2, 0.25) is 0 Å². The van der Waals surface area contributed by atoms with Gasteiger partial charge in [-0.1, -0.05) is 63.2 Å². The average Bonchev–Trinajstić information content (AvgIpc) is 3.30. The number of rotatable bonds is 4. The fourth-order valence-electron chi connectivity index (χ4n) is 5.71. The number of amides is 1. The molecule has 2 N–H and O–H groups in total. The fourth-order valence-corrected chi connectivity index (χ4v) is 7.06. The first-order chi connectivity index (χ1) is 18.7. The molecule has 0 unspecified atom stereocenters. The number of benzene rings is 3. The van der Waals surface area contributed by atoms with Gasteiger partial charge in [-0.15, -0.1) is 11.3 Å². The van der Waals surface area contributed by atoms with Crippen LogP contribution in [0.1, 0.15) is 70.1 Å². The summed E-state index contributed by atoms with van der Waals surface area (Å²) >= 11 is 1.71. The van der Waals surface area contributed by atoms with E-state index in [9.17, 15) is 9.59 Å². The maximum Gasteiger partial charge on any atom is 0.344 e. The second kappa shape index (κ2) is 9.72. The molecule has 0 saturated carbocycles. The van der Waals surface area contributed by atoms with Crippen LogP contribution in [0.5, 0.6) is 11.5 Å². The van der Waals surface area contributed by atoms with Crippen LogP contribution in [0, 0.1) is 11.3 Å². The van der Waals surface area contributed by atoms with Gasteiger partial charge in [-0.2, -0.15) is 0 Å². The van der Waals surface area contributed by atoms with E-state index in [-0.39, 0.29) is 11.3 Å². The molecule has 0 spiro atoms. The van der Waals surface area contributed by atoms with Gasteiger partial charge in [0, 0.05) is 4.88 Å². The van der Waals surface area contributed by atoms with Crippen molar-refractivity contribution in [3.05, 3.63) is 87.8 Å². The van der Waals surface area contributed by atoms with Crippen LogP contribution in [0.15, 0.2) is 60.7 Å². The van der Waals surface area contributed by atoms with Crippen LogP contribution in [0.25, 0.3) is 10.8 Å². The third-order valence-corrected chi connectivity index (χ3v) is 9.19. The van der Waals surface area contributed by atoms with E-state index in [0.717, 1.165) is 46.2 Å². The molecule has 2 aliphatic rings. The van der Waals surface area contributed by atoms with Crippen molar-refractivity contribution < 1.29 is 19.1 Å². The summed E-state index contributed by atoms with van der Waals surface area (Å²) in [4.78, 5) is 27.7. The van der Waals surface area contributed by atoms with E-state index < -0.39 is 12.1 Å². The molecular formula is C32H32N2O4S. The molecule has 4 aromatic rings. The number of hydrogen-bond acceptors (Lipinski definition) is 6. The molecule has 3 aromatic carbocycles. The lowest BCUT2D eigenvalue weighted by molar-refractivity contribution is 0.0731. The van der Waals surface area contributed by atoms with Crippen molar-refractivity contribution in [1.82, 2.24) is 5.32 Å². The summed E-state index contributed by atoms with van der Waals surface area (Å²) in [7, 11) is 1.54. The highest BCUT2D eigenvalue weighted by atomic mass is 32.1. The Balaban J connectivity index is 1.24. The van der Waals surface area contributed by atoms with E-state index in [1.807, 2.05) is 42.5 Å². The smallest absolute Gasteiger partial charge is 0.344 e. The van der Waals surface area contributed by atoms with E-state index in [2.05, 4.69) is 31.4 Å². The van der Waals surface area contributed by atoms with Crippen molar-refractivity contribution in [2.75, 3.05) is 12.4 Å². The molecule has 1 aliphatic heterocycles. The standard InChI is InChI=1S/C32H32N2O4S/c1-32(2,3)20-13-14-23-26(17-20)39-30-27(23)29(35)33-28(34-30)19-12-15-24(25(16-19)37-4)38-31(36)22-11-7-9-18-8-5-6-10-21(18)22/h5-12,15-16,20,28,34H,13-14,17H2,1-4H3,(H,33,35)/t20-,28-/m1/s1. The Morgan fingerprint density at radius 2 is 1.79 bits per heavy atom. The maximum atomic E-state index is 13.3. The number of anilines is 1. The van der Waals surface area contributed by atoms with Gasteiger partial charge in [0.15, 0.2) is 11.5 Å². The van der Waals surface area contributed by atoms with E-state index in [4.69, 9.17) is 9.47 Å². The highest BCUT2D eigenvalue weighted by Crippen LogP contribution is 2.46. The molecule has 0 saturated heterocycles. The Bertz CT molecular complexity index is 1590. The van der Waals surface area contributed by atoms with Gasteiger partial charge in [-0.3, -0.25) is 4.79 Å². The molecule has 0 radical (unpaired) electrons. The van der Waals surface area contributed by atoms with Crippen molar-refractivity contribution in [2.45, 2.75) is 46.2 Å². The predicted octanol–water partition coefficient (Wildman–Crippen LogP) is 7.13. The molecule has 1 amide bonds. The molecule has 6 rings (SSSR count). The minimum absolute atomic E-state index is 0.0501. The largest absolute Gasteiger partial charge is 0.493 e. The van der Waals surface area contributed by atoms with Gasteiger partial charge in [-0.25, -0.2) is 4.79 Å². The molecule has 1 aromatic heterocycles. The van der Waals surface area contributed by atoms with Crippen LogP contribution < -0.4 is 20.1 Å². The van der Waals surface area contributed by atoms with Gasteiger partial charge in [0.25, 0.3) is 5.91 Å². The second-order valence-corrected chi connectivity index (χ2v) is 12.5. The molecule has 39 heavy (non-hydrogen) atoms. The number of fused-ring (bicyclic) bond motifs is 4. The third kappa shape index (κ3) is 4.65. The zero-order valence-electron chi connectivity index (χ0n) is 22.6. The van der Waals surface area contributed by atoms with Gasteiger partial charge in [-0.05, 0) is 70.7 Å². The van der Waals surface area contributed by atoms with E-state index in [0.29, 0.717) is 23.0 Å². The summed E-state index contributed by atoms with van der Waals surface area (Å²) in [5.74, 6) is 0.843. The molecule has 1 aliphatic carbocycles. The van der Waals surface area contributed by atoms with Crippen LogP contribution in [-0.4, -0.2) is 19.0 Å². The predicted molar refractivity (Wildman–Crippen MR) is 155 cm³/mol. The summed E-state index contributed by atoms with van der Waals surface area (Å²) in [6, 6.07) is 18.6. The minimum Gasteiger partial charge on any atom is -0.493 e. The number of methoxy groups -OCH3 is 1. The van der Waals surface area contributed by atoms with Gasteiger partial charge < -0.3 is 20.1 Å². The van der Waals surface area contributed by atoms with Crippen molar-refractivity contribution in [1.29, 1.82) is 0 Å². The van der Waals surface area contributed by atoms with E-state index >= 15 is 0 Å². The van der Waals surface area contributed by atoms with Crippen LogP contribution in [-0.2, 0) is 12.8 Å². The summed E-state index contributed by atoms with van der Waals surface area (Å²) in [5.41, 5.74) is 3.55. The topological polar surface area (TPSA) is 76.7 Å². The monoisotopic (exact) mass is 540 g/mol. The molecule has 200 valence electrons. The van der Waals surface area contributed by atoms with Crippen LogP contribution in [0.3, 0.4) is 0 Å². The Labute approximate surface area is 232 Å². The number of nitrogens with one attached hydrogen (secondary N) is 2. The molecule has 7 heteroatoms. The first-order valence-electron chi connectivity index (χ1n) is 13.3. The summed E-state index contributed by atoms with van der Waals surface area (Å²) in [5, 5.41) is 9.38. The maximum absolute atomic E-state index is 13.3. The average molecular weight is 541 g/mol. The van der Waals surface area contributed by atoms with Crippen LogP contribution in [0.2, 0.25) is 0 Å². The quantitative estimate of drug-likeness (QED) is 0.213. The number of thiophene rings is 1. The first-order valence-corrected chi connectivity index (χ1v) is 14.1. The molecule has 2 heterocycles. The number of carbonyl (C=O) groups excluding carboxylic acids is 2. The minimum atomic E-state index is -0.454. The van der Waals surface area contributed by atoms with Crippen molar-refractivity contribution in [3.8, 4) is 11.5 Å². The summed E-state index contributed by atoms with van der Waals surface area (Å²) in [6.45, 7) is 6.90. The normalized spacial score (nSPS) is 18.5. The lowest BCUT2D eigenvalue weighted by Gasteiger charge is -2.34. The highest BCUT2D eigenvalue weighted by Gasteiger charge is 2.36. The first kappa shape index (κ1) is 25.4. The number of hydrogen-bond donors (Lipinski definition) is 2. The lowest BCUT2D eigenvalue weighted by atomic mass is 9.72. The Morgan fingerprint density at radius 3 is 2.59 bits per heavy atom. The molecular weight excluding hydrogens is 508 g/mol. The zero-order chi connectivity index (χ0) is 27.3. The van der Waals surface area contributed by atoms with Crippen molar-refractivity contribution in [3.63, 3.8) is 0 Å². The number of carbonyl (C=O) groups is 2.